The molecule has 3 heterocycles. The lowest BCUT2D eigenvalue weighted by Crippen LogP contribution is -2.57. The average molecular weight is 1130 g/mol. The minimum Gasteiger partial charge on any atom is -0.394 e. The van der Waals surface area contributed by atoms with Crippen LogP contribution in [0, 0.1) is 0 Å². The minimum atomic E-state index is -1.31. The summed E-state index contributed by atoms with van der Waals surface area (Å²) in [5.41, 5.74) is 22.8. The van der Waals surface area contributed by atoms with E-state index in [0.29, 0.717) is 6.42 Å². The number of aliphatic hydroxyl groups is 9. The summed E-state index contributed by atoms with van der Waals surface area (Å²) in [7, 11) is 0. The predicted molar refractivity (Wildman–Crippen MR) is 216 cm³/mol. The number of azide groups is 3. The average Bonchev–Trinajstić information content (AvgIpc) is 3.11. The second-order valence-corrected chi connectivity index (χ2v) is 16.1. The zero-order valence-electron chi connectivity index (χ0n) is 27.3. The van der Waals surface area contributed by atoms with E-state index in [1.807, 2.05) is 4.93 Å². The van der Waals surface area contributed by atoms with Crippen molar-refractivity contribution in [3.8, 4) is 0 Å². The Morgan fingerprint density at radius 3 is 1.37 bits per heavy atom. The third-order valence-electron chi connectivity index (χ3n) is 6.91. The summed E-state index contributed by atoms with van der Waals surface area (Å²) in [6.07, 6.45) is -10.1. The van der Waals surface area contributed by atoms with Crippen molar-refractivity contribution in [2.45, 2.75) is 118 Å². The summed E-state index contributed by atoms with van der Waals surface area (Å²) in [5.74, 6) is 0. The van der Waals surface area contributed by atoms with Gasteiger partial charge >= 0.3 is 0 Å². The highest BCUT2D eigenvalue weighted by Gasteiger charge is 2.45. The van der Waals surface area contributed by atoms with Gasteiger partial charge in [-0.15, -0.1) is 0 Å². The van der Waals surface area contributed by atoms with Crippen molar-refractivity contribution >= 4 is 96.3 Å². The van der Waals surface area contributed by atoms with Gasteiger partial charge in [0, 0.05) is 21.7 Å². The van der Waals surface area contributed by atoms with Gasteiger partial charge in [-0.25, -0.2) is 0 Å². The Morgan fingerprint density at radius 2 is 1.02 bits per heavy atom. The van der Waals surface area contributed by atoms with Gasteiger partial charge in [0.25, 0.3) is 0 Å². The fraction of sp³-hybridized carbons (Fsp3) is 0.960. The van der Waals surface area contributed by atoms with E-state index in [0.717, 1.165) is 11.8 Å². The van der Waals surface area contributed by atoms with Gasteiger partial charge in [-0.2, -0.15) is 0 Å². The first-order valence-corrected chi connectivity index (χ1v) is 21.0. The quantitative estimate of drug-likeness (QED) is 0.0550. The summed E-state index contributed by atoms with van der Waals surface area (Å²) in [6.45, 7) is 1.76. The number of ether oxygens (including phenoxy) is 3. The fourth-order valence-corrected chi connectivity index (χ4v) is 5.60. The van der Waals surface area contributed by atoms with Crippen LogP contribution in [0.3, 0.4) is 0 Å². The summed E-state index contributed by atoms with van der Waals surface area (Å²) in [4.78, 5) is 20.5. The van der Waals surface area contributed by atoms with Crippen molar-refractivity contribution in [2.24, 2.45) is 15.3 Å². The maximum Gasteiger partial charge on any atom is 0.188 e. The number of nitrogens with zero attached hydrogens (tertiary/aromatic N) is 9. The number of alkyl halides is 4. The second kappa shape index (κ2) is 32.1. The van der Waals surface area contributed by atoms with Crippen LogP contribution in [0.15, 0.2) is 15.3 Å². The topological polar surface area (TPSA) is 373 Å². The normalized spacial score (nSPS) is 36.0. The van der Waals surface area contributed by atoms with E-state index in [1.54, 1.807) is 6.92 Å². The van der Waals surface area contributed by atoms with E-state index in [-0.39, 0.29) is 19.1 Å². The zero-order valence-corrected chi connectivity index (χ0v) is 35.3. The van der Waals surface area contributed by atoms with Crippen LogP contribution >= 0.6 is 91.1 Å². The summed E-state index contributed by atoms with van der Waals surface area (Å²) in [6, 6.07) is -3.22. The zero-order chi connectivity index (χ0) is 39.8. The Bertz CT molecular complexity index is 1120. The van der Waals surface area contributed by atoms with Crippen LogP contribution in [0.1, 0.15) is 27.7 Å². The molecule has 0 bridgehead atoms. The fourth-order valence-electron chi connectivity index (χ4n) is 4.49. The van der Waals surface area contributed by atoms with Crippen LogP contribution < -0.4 is 0 Å². The molecule has 0 amide bonds. The molecule has 304 valence electrons. The van der Waals surface area contributed by atoms with Gasteiger partial charge in [-0.1, -0.05) is 121 Å². The van der Waals surface area contributed by atoms with Gasteiger partial charge in [0.1, 0.15) is 36.0 Å². The third-order valence-corrected chi connectivity index (χ3v) is 8.23. The molecule has 3 aliphatic heterocycles. The molecule has 0 aromatic rings. The molecule has 52 heavy (non-hydrogen) atoms. The van der Waals surface area contributed by atoms with Crippen LogP contribution in [-0.4, -0.2) is 168 Å². The molecule has 3 fully saturated rings. The van der Waals surface area contributed by atoms with Crippen molar-refractivity contribution < 1.29 is 65.0 Å². The number of carbonyl (C=O) groups excluding carboxylic acids is 1. The molecule has 6 unspecified atom stereocenters. The lowest BCUT2D eigenvalue weighted by molar-refractivity contribution is -0.188. The van der Waals surface area contributed by atoms with Crippen LogP contribution in [-0.2, 0) is 19.0 Å². The smallest absolute Gasteiger partial charge is 0.188 e. The minimum absolute atomic E-state index is 0. The van der Waals surface area contributed by atoms with E-state index in [1.165, 1.54) is 9.36 Å². The number of thioether (sulfide) groups is 1. The molecule has 0 radical (unpaired) electrons. The largest absolute Gasteiger partial charge is 0.394 e. The molecule has 0 saturated carbocycles. The molecule has 0 aromatic heterocycles. The van der Waals surface area contributed by atoms with E-state index < -0.39 is 103 Å². The van der Waals surface area contributed by atoms with E-state index in [4.69, 9.17) is 57.7 Å². The Morgan fingerprint density at radius 1 is 0.692 bits per heavy atom. The molecule has 3 saturated heterocycles. The van der Waals surface area contributed by atoms with Gasteiger partial charge in [-0.05, 0) is 27.9 Å². The standard InChI is InChI=1S/C8H13N3O5S.C8H15N3O4.C6H10ClN3O4.CH2I2.CH3I.CH4/c1-3(13)17-8-7(15)5(10-11-9)6(14)4(2-12)16-8;1-2-4-7(13)6(10-11-9)8(14)5(3-12)15-4;7-6-5(13)3(9-10-8)4(12)2(1-11)14-6;2-1-3;1-2;/h4-8,12,14-15H,2H2,1H3;4-8,12-14H,2-3H2,1H3;2-6,11-13H,1H2;1H2;1H3;1H4/t4?,5?,6-,7-,8+;4-,5?,6?,7-,8+;2?,3-,4-,5?,6+;;;/m010.../s1. The van der Waals surface area contributed by atoms with Crippen molar-refractivity contribution in [1.82, 2.24) is 0 Å². The molecule has 0 aromatic carbocycles. The third kappa shape index (κ3) is 18.3. The lowest BCUT2D eigenvalue weighted by Gasteiger charge is -2.40. The first kappa shape index (κ1) is 56.3. The van der Waals surface area contributed by atoms with Crippen LogP contribution in [0.25, 0.3) is 31.3 Å². The van der Waals surface area contributed by atoms with Crippen LogP contribution in [0.5, 0.6) is 0 Å². The molecule has 0 aliphatic carbocycles. The summed E-state index contributed by atoms with van der Waals surface area (Å²) < 4.78 is 16.5. The SMILES string of the molecule is C.CC(=O)S[C@H]1OC(CO)[C@H](O)C(N=[N+]=[N-])[C@@H]1O.CC[C@H]1OC(CO)[C@H](O)C(N=[N+]=[N-])[C@@H]1O.CI.ICI.[N-]=[N+]=N[C@@H]1C(O)[C@H](Cl)OC(CO)[C@@H]1O. The number of rotatable bonds is 8. The molecule has 3 rings (SSSR count). The molecular weight excluding hydrogens is 1080 g/mol. The van der Waals surface area contributed by atoms with Crippen LogP contribution in [0.2, 0.25) is 0 Å². The van der Waals surface area contributed by atoms with Gasteiger partial charge < -0.3 is 60.2 Å². The summed E-state index contributed by atoms with van der Waals surface area (Å²) >= 11 is 13.0. The highest BCUT2D eigenvalue weighted by atomic mass is 127. The van der Waals surface area contributed by atoms with Gasteiger partial charge in [-0.3, -0.25) is 4.79 Å². The molecule has 0 spiro atoms. The first-order valence-electron chi connectivity index (χ1n) is 14.5. The number of hydrogen-bond acceptors (Lipinski definition) is 17. The highest BCUT2D eigenvalue weighted by Crippen LogP contribution is 2.31. The Labute approximate surface area is 350 Å². The monoisotopic (exact) mass is 1130 g/mol. The van der Waals surface area contributed by atoms with Crippen molar-refractivity contribution in [1.29, 1.82) is 0 Å². The second-order valence-electron chi connectivity index (χ2n) is 9.98. The molecule has 15 atom stereocenters. The van der Waals surface area contributed by atoms with Crippen molar-refractivity contribution in [2.75, 3.05) is 27.2 Å². The Balaban J connectivity index is -0.000000647. The van der Waals surface area contributed by atoms with Gasteiger partial charge in [0.15, 0.2) is 10.7 Å². The van der Waals surface area contributed by atoms with Crippen LogP contribution in [0.4, 0.5) is 0 Å². The maximum atomic E-state index is 10.9. The molecule has 9 N–H and O–H groups in total. The number of aliphatic hydroxyl groups excluding tert-OH is 9. The lowest BCUT2D eigenvalue weighted by atomic mass is 9.92. The van der Waals surface area contributed by atoms with Gasteiger partial charge in [0.05, 0.1) is 70.9 Å². The van der Waals surface area contributed by atoms with E-state index in [2.05, 4.69) is 97.9 Å². The van der Waals surface area contributed by atoms with Crippen molar-refractivity contribution in [3.63, 3.8) is 0 Å². The van der Waals surface area contributed by atoms with Crippen molar-refractivity contribution in [3.05, 3.63) is 31.3 Å². The molecular formula is C25H47ClI3N9O13S. The Kier molecular flexibility index (Phi) is 34.7. The van der Waals surface area contributed by atoms with E-state index >= 15 is 0 Å². The maximum absolute atomic E-state index is 10.9. The molecule has 27 heteroatoms. The molecule has 22 nitrogen and oxygen atoms in total. The van der Waals surface area contributed by atoms with E-state index in [9.17, 15) is 35.4 Å². The first-order chi connectivity index (χ1) is 24.2. The van der Waals surface area contributed by atoms with Gasteiger partial charge in [0.2, 0.25) is 0 Å². The number of hydrogen-bond donors (Lipinski definition) is 9. The summed E-state index contributed by atoms with van der Waals surface area (Å²) in [5, 5.41) is 93.9. The molecule has 3 aliphatic rings. The Hall–Kier alpha value is -0.0500. The number of carbonyl (C=O) groups is 1. The number of halogens is 4. The highest BCUT2D eigenvalue weighted by molar-refractivity contribution is 14.2. The predicted octanol–water partition coefficient (Wildman–Crippen LogP) is 1.79.